The van der Waals surface area contributed by atoms with Gasteiger partial charge in [0.2, 0.25) is 0 Å². The third-order valence-corrected chi connectivity index (χ3v) is 5.71. The first-order chi connectivity index (χ1) is 10.1. The normalized spacial score (nSPS) is 13.9. The summed E-state index contributed by atoms with van der Waals surface area (Å²) in [6, 6.07) is 0. The number of nitrogens with two attached hydrogens (primary N) is 2. The van der Waals surface area contributed by atoms with E-state index in [0.29, 0.717) is 5.92 Å². The number of guanidine groups is 1. The van der Waals surface area contributed by atoms with Crippen LogP contribution in [0.4, 0.5) is 0 Å². The Morgan fingerprint density at radius 3 is 1.77 bits per heavy atom. The first kappa shape index (κ1) is 21.3. The Bertz CT molecular complexity index is 315. The Kier molecular flexibility index (Phi) is 9.79. The average molecular weight is 312 g/mol. The number of nitrogens with zero attached hydrogens (tertiary/aromatic N) is 1. The highest BCUT2D eigenvalue weighted by atomic mass is 15.0. The summed E-state index contributed by atoms with van der Waals surface area (Å²) >= 11 is 0. The van der Waals surface area contributed by atoms with Crippen molar-refractivity contribution in [2.45, 2.75) is 105 Å². The van der Waals surface area contributed by atoms with Crippen LogP contribution in [0, 0.1) is 11.3 Å². The zero-order valence-electron chi connectivity index (χ0n) is 16.0. The highest BCUT2D eigenvalue weighted by Crippen LogP contribution is 2.42. The monoisotopic (exact) mass is 311 g/mol. The van der Waals surface area contributed by atoms with E-state index < -0.39 is 0 Å². The predicted octanol–water partition coefficient (Wildman–Crippen LogP) is 5.23. The van der Waals surface area contributed by atoms with Gasteiger partial charge in [-0.25, -0.2) is 4.99 Å². The van der Waals surface area contributed by atoms with Crippen molar-refractivity contribution in [3.8, 4) is 0 Å². The number of rotatable bonds is 12. The molecule has 1 atom stereocenters. The molecule has 0 spiro atoms. The molecule has 0 aliphatic carbocycles. The molecular weight excluding hydrogens is 270 g/mol. The molecule has 1 unspecified atom stereocenters. The van der Waals surface area contributed by atoms with Gasteiger partial charge in [0, 0.05) is 0 Å². The molecule has 0 saturated carbocycles. The first-order valence-electron chi connectivity index (χ1n) is 9.26. The smallest absolute Gasteiger partial charge is 0.186 e. The van der Waals surface area contributed by atoms with E-state index in [1.54, 1.807) is 0 Å². The second-order valence-electron chi connectivity index (χ2n) is 7.98. The second kappa shape index (κ2) is 10.1. The molecule has 3 heteroatoms. The van der Waals surface area contributed by atoms with Crippen LogP contribution >= 0.6 is 0 Å². The summed E-state index contributed by atoms with van der Waals surface area (Å²) < 4.78 is 0. The Hall–Kier alpha value is -0.730. The van der Waals surface area contributed by atoms with Crippen LogP contribution in [0.25, 0.3) is 0 Å². The summed E-state index contributed by atoms with van der Waals surface area (Å²) in [4.78, 5) is 4.46. The van der Waals surface area contributed by atoms with Gasteiger partial charge in [0.25, 0.3) is 0 Å². The molecule has 0 bridgehead atoms. The molecule has 0 fully saturated rings. The molecule has 0 saturated heterocycles. The van der Waals surface area contributed by atoms with Crippen molar-refractivity contribution in [1.82, 2.24) is 0 Å². The fourth-order valence-electron chi connectivity index (χ4n) is 3.02. The van der Waals surface area contributed by atoms with Crippen molar-refractivity contribution in [3.63, 3.8) is 0 Å². The molecule has 0 aromatic carbocycles. The van der Waals surface area contributed by atoms with Crippen LogP contribution in [0.3, 0.4) is 0 Å². The number of aliphatic imine (C=N–C) groups is 1. The predicted molar refractivity (Wildman–Crippen MR) is 100 cm³/mol. The van der Waals surface area contributed by atoms with Gasteiger partial charge in [-0.15, -0.1) is 0 Å². The lowest BCUT2D eigenvalue weighted by Gasteiger charge is -2.43. The van der Waals surface area contributed by atoms with Gasteiger partial charge in [-0.3, -0.25) is 0 Å². The molecule has 3 nitrogen and oxygen atoms in total. The lowest BCUT2D eigenvalue weighted by molar-refractivity contribution is 0.112. The molecule has 0 aromatic rings. The van der Waals surface area contributed by atoms with Crippen LogP contribution < -0.4 is 11.5 Å². The average Bonchev–Trinajstić information content (AvgIpc) is 2.39. The summed E-state index contributed by atoms with van der Waals surface area (Å²) in [5.74, 6) is 0.794. The minimum atomic E-state index is -0.231. The highest BCUT2D eigenvalue weighted by molar-refractivity contribution is 5.76. The molecule has 0 amide bonds. The van der Waals surface area contributed by atoms with Gasteiger partial charge in [-0.05, 0) is 25.2 Å². The molecule has 0 aliphatic heterocycles. The van der Waals surface area contributed by atoms with Crippen molar-refractivity contribution in [2.24, 2.45) is 27.8 Å². The van der Waals surface area contributed by atoms with Gasteiger partial charge in [-0.2, -0.15) is 0 Å². The Balaban J connectivity index is 4.09. The lowest BCUT2D eigenvalue weighted by atomic mass is 9.65. The maximum absolute atomic E-state index is 5.59. The minimum Gasteiger partial charge on any atom is -0.370 e. The van der Waals surface area contributed by atoms with Gasteiger partial charge < -0.3 is 11.5 Å². The summed E-state index contributed by atoms with van der Waals surface area (Å²) in [5, 5.41) is 0. The molecule has 0 aromatic heterocycles. The lowest BCUT2D eigenvalue weighted by Crippen LogP contribution is -2.44. The van der Waals surface area contributed by atoms with Crippen LogP contribution in [0.2, 0.25) is 0 Å². The molecule has 0 heterocycles. The molecular formula is C19H41N3. The molecule has 132 valence electrons. The number of hydrogen-bond acceptors (Lipinski definition) is 1. The van der Waals surface area contributed by atoms with Crippen LogP contribution in [-0.4, -0.2) is 11.5 Å². The SMILES string of the molecule is CCCCCCCCCCC(C)C(C)(C)C(C)(C)N=C(N)N. The minimum absolute atomic E-state index is 0.0815. The molecule has 0 aliphatic rings. The third kappa shape index (κ3) is 7.51. The van der Waals surface area contributed by atoms with E-state index in [2.05, 4.69) is 46.5 Å². The van der Waals surface area contributed by atoms with E-state index in [-0.39, 0.29) is 16.9 Å². The molecule has 4 N–H and O–H groups in total. The topological polar surface area (TPSA) is 64.4 Å². The van der Waals surface area contributed by atoms with Crippen LogP contribution in [-0.2, 0) is 0 Å². The van der Waals surface area contributed by atoms with E-state index in [9.17, 15) is 0 Å². The van der Waals surface area contributed by atoms with E-state index in [1.807, 2.05) is 0 Å². The van der Waals surface area contributed by atoms with Crippen molar-refractivity contribution in [3.05, 3.63) is 0 Å². The van der Waals surface area contributed by atoms with Gasteiger partial charge in [0.05, 0.1) is 5.54 Å². The Morgan fingerprint density at radius 2 is 1.32 bits per heavy atom. The fourth-order valence-corrected chi connectivity index (χ4v) is 3.02. The van der Waals surface area contributed by atoms with E-state index in [0.717, 1.165) is 0 Å². The third-order valence-electron chi connectivity index (χ3n) is 5.71. The van der Waals surface area contributed by atoms with E-state index in [1.165, 1.54) is 57.8 Å². The largest absolute Gasteiger partial charge is 0.370 e. The standard InChI is InChI=1S/C19H41N3/c1-7-8-9-10-11-12-13-14-15-16(2)18(3,4)19(5,6)22-17(20)21/h16H,7-15H2,1-6H3,(H4,20,21,22). The van der Waals surface area contributed by atoms with Crippen molar-refractivity contribution in [1.29, 1.82) is 0 Å². The summed E-state index contributed by atoms with van der Waals surface area (Å²) in [6.07, 6.45) is 12.3. The zero-order valence-corrected chi connectivity index (χ0v) is 16.0. The number of unbranched alkanes of at least 4 members (excludes halogenated alkanes) is 7. The summed E-state index contributed by atoms with van der Waals surface area (Å²) in [7, 11) is 0. The van der Waals surface area contributed by atoms with Gasteiger partial charge >= 0.3 is 0 Å². The number of hydrogen-bond donors (Lipinski definition) is 2. The Labute approximate surface area is 139 Å². The van der Waals surface area contributed by atoms with Gasteiger partial charge in [0.15, 0.2) is 5.96 Å². The van der Waals surface area contributed by atoms with E-state index in [4.69, 9.17) is 11.5 Å². The van der Waals surface area contributed by atoms with Gasteiger partial charge in [-0.1, -0.05) is 85.5 Å². The maximum atomic E-state index is 5.59. The molecule has 22 heavy (non-hydrogen) atoms. The highest BCUT2D eigenvalue weighted by Gasteiger charge is 2.40. The molecule has 0 radical (unpaired) electrons. The van der Waals surface area contributed by atoms with Crippen molar-refractivity contribution < 1.29 is 0 Å². The summed E-state index contributed by atoms with van der Waals surface area (Å²) in [6.45, 7) is 13.5. The van der Waals surface area contributed by atoms with Crippen molar-refractivity contribution in [2.75, 3.05) is 0 Å². The van der Waals surface area contributed by atoms with Crippen LogP contribution in [0.5, 0.6) is 0 Å². The van der Waals surface area contributed by atoms with Gasteiger partial charge in [0.1, 0.15) is 0 Å². The quantitative estimate of drug-likeness (QED) is 0.294. The zero-order chi connectivity index (χ0) is 17.2. The summed E-state index contributed by atoms with van der Waals surface area (Å²) in [5.41, 5.74) is 11.0. The fraction of sp³-hybridized carbons (Fsp3) is 0.947. The van der Waals surface area contributed by atoms with Crippen LogP contribution in [0.1, 0.15) is 99.3 Å². The first-order valence-corrected chi connectivity index (χ1v) is 9.26. The maximum Gasteiger partial charge on any atom is 0.186 e. The van der Waals surface area contributed by atoms with Crippen LogP contribution in [0.15, 0.2) is 4.99 Å². The molecule has 0 rings (SSSR count). The van der Waals surface area contributed by atoms with Crippen molar-refractivity contribution >= 4 is 5.96 Å². The Morgan fingerprint density at radius 1 is 0.864 bits per heavy atom. The second-order valence-corrected chi connectivity index (χ2v) is 7.98. The van der Waals surface area contributed by atoms with E-state index >= 15 is 0 Å².